The van der Waals surface area contributed by atoms with Crippen LogP contribution in [0, 0.1) is 0 Å². The van der Waals surface area contributed by atoms with E-state index in [1.54, 1.807) is 19.1 Å². The average molecular weight is 316 g/mol. The van der Waals surface area contributed by atoms with Crippen molar-refractivity contribution in [2.24, 2.45) is 0 Å². The molecular weight excluding hydrogens is 292 g/mol. The summed E-state index contributed by atoms with van der Waals surface area (Å²) in [4.78, 5) is 14.3. The summed E-state index contributed by atoms with van der Waals surface area (Å²) >= 11 is 1.27. The molecule has 21 heavy (non-hydrogen) atoms. The Hall–Kier alpha value is -1.25. The molecule has 0 saturated heterocycles. The van der Waals surface area contributed by atoms with Gasteiger partial charge in [0, 0.05) is 27.3 Å². The lowest BCUT2D eigenvalue weighted by molar-refractivity contribution is 0.0478. The number of carbonyl (C=O) groups is 1. The Bertz CT molecular complexity index is 427. The first-order valence-electron chi connectivity index (χ1n) is 7.00. The average Bonchev–Trinajstić information content (AvgIpc) is 2.94. The van der Waals surface area contributed by atoms with Crippen LogP contribution < -0.4 is 5.32 Å². The lowest BCUT2D eigenvalue weighted by atomic mass is 10.3. The van der Waals surface area contributed by atoms with E-state index in [9.17, 15) is 4.79 Å². The number of aromatic nitrogens is 2. The quantitative estimate of drug-likeness (QED) is 0.704. The van der Waals surface area contributed by atoms with Crippen LogP contribution in [-0.2, 0) is 9.47 Å². The van der Waals surface area contributed by atoms with E-state index >= 15 is 0 Å². The van der Waals surface area contributed by atoms with Crippen LogP contribution in [-0.4, -0.2) is 67.6 Å². The van der Waals surface area contributed by atoms with Gasteiger partial charge < -0.3 is 19.7 Å². The molecule has 1 aromatic heterocycles. The Balaban J connectivity index is 2.75. The van der Waals surface area contributed by atoms with E-state index in [4.69, 9.17) is 9.47 Å². The van der Waals surface area contributed by atoms with Crippen molar-refractivity contribution in [2.45, 2.75) is 26.3 Å². The van der Waals surface area contributed by atoms with E-state index in [-0.39, 0.29) is 11.9 Å². The largest absolute Gasteiger partial charge is 0.383 e. The van der Waals surface area contributed by atoms with Crippen LogP contribution in [0.3, 0.4) is 0 Å². The van der Waals surface area contributed by atoms with Gasteiger partial charge in [0.15, 0.2) is 0 Å². The zero-order valence-corrected chi connectivity index (χ0v) is 13.9. The predicted octanol–water partition coefficient (Wildman–Crippen LogP) is 1.48. The van der Waals surface area contributed by atoms with Crippen LogP contribution in [0.25, 0.3) is 0 Å². The maximum absolute atomic E-state index is 12.5. The Morgan fingerprint density at radius 2 is 2.14 bits per heavy atom. The summed E-state index contributed by atoms with van der Waals surface area (Å²) in [5.74, 6) is -0.140. The third-order valence-corrected chi connectivity index (χ3v) is 3.74. The van der Waals surface area contributed by atoms with Crippen molar-refractivity contribution in [2.75, 3.05) is 45.8 Å². The lowest BCUT2D eigenvalue weighted by Crippen LogP contribution is -2.43. The number of methoxy groups -OCH3 is 2. The molecule has 0 aliphatic heterocycles. The standard InChI is InChI=1S/C13H24N4O3S/c1-5-6-14-13-16-15-11(21-13)12(18)17(7-8-19-3)10(2)9-20-4/h10H,5-9H2,1-4H3,(H,14,16). The molecule has 1 atom stereocenters. The van der Waals surface area contributed by atoms with Crippen molar-refractivity contribution in [1.82, 2.24) is 15.1 Å². The van der Waals surface area contributed by atoms with Gasteiger partial charge in [0.25, 0.3) is 5.91 Å². The van der Waals surface area contributed by atoms with Crippen LogP contribution in [0.4, 0.5) is 5.13 Å². The molecule has 1 amide bonds. The zero-order chi connectivity index (χ0) is 15.7. The zero-order valence-electron chi connectivity index (χ0n) is 13.1. The molecule has 0 bridgehead atoms. The van der Waals surface area contributed by atoms with Crippen molar-refractivity contribution < 1.29 is 14.3 Å². The van der Waals surface area contributed by atoms with Crippen LogP contribution in [0.1, 0.15) is 30.1 Å². The number of nitrogens with one attached hydrogen (secondary N) is 1. The highest BCUT2D eigenvalue weighted by Gasteiger charge is 2.24. The van der Waals surface area contributed by atoms with Crippen molar-refractivity contribution >= 4 is 22.4 Å². The van der Waals surface area contributed by atoms with Crippen LogP contribution in [0.5, 0.6) is 0 Å². The first-order valence-corrected chi connectivity index (χ1v) is 7.81. The number of amides is 1. The van der Waals surface area contributed by atoms with Crippen LogP contribution in [0.15, 0.2) is 0 Å². The molecule has 0 fully saturated rings. The summed E-state index contributed by atoms with van der Waals surface area (Å²) in [5.41, 5.74) is 0. The van der Waals surface area contributed by atoms with Crippen molar-refractivity contribution in [3.8, 4) is 0 Å². The fourth-order valence-electron chi connectivity index (χ4n) is 1.78. The number of hydrogen-bond acceptors (Lipinski definition) is 7. The molecule has 8 heteroatoms. The van der Waals surface area contributed by atoms with Gasteiger partial charge in [0.1, 0.15) is 0 Å². The summed E-state index contributed by atoms with van der Waals surface area (Å²) in [6.07, 6.45) is 0.994. The third kappa shape index (κ3) is 5.56. The van der Waals surface area contributed by atoms with E-state index in [0.29, 0.717) is 29.9 Å². The van der Waals surface area contributed by atoms with Gasteiger partial charge in [-0.3, -0.25) is 4.79 Å². The Labute approximate surface area is 129 Å². The maximum Gasteiger partial charge on any atom is 0.285 e. The molecule has 1 rings (SSSR count). The molecule has 0 aliphatic carbocycles. The molecule has 1 aromatic rings. The molecule has 0 saturated carbocycles. The smallest absolute Gasteiger partial charge is 0.285 e. The van der Waals surface area contributed by atoms with E-state index < -0.39 is 0 Å². The Morgan fingerprint density at radius 1 is 1.38 bits per heavy atom. The highest BCUT2D eigenvalue weighted by atomic mass is 32.1. The van der Waals surface area contributed by atoms with Gasteiger partial charge in [-0.25, -0.2) is 0 Å². The highest BCUT2D eigenvalue weighted by molar-refractivity contribution is 7.17. The number of hydrogen-bond donors (Lipinski definition) is 1. The van der Waals surface area contributed by atoms with E-state index in [0.717, 1.165) is 13.0 Å². The summed E-state index contributed by atoms with van der Waals surface area (Å²) in [5, 5.41) is 12.1. The molecular formula is C13H24N4O3S. The van der Waals surface area contributed by atoms with Gasteiger partial charge in [-0.05, 0) is 13.3 Å². The Morgan fingerprint density at radius 3 is 2.76 bits per heavy atom. The minimum Gasteiger partial charge on any atom is -0.383 e. The van der Waals surface area contributed by atoms with Crippen LogP contribution >= 0.6 is 11.3 Å². The van der Waals surface area contributed by atoms with Crippen molar-refractivity contribution in [3.63, 3.8) is 0 Å². The first kappa shape index (κ1) is 17.8. The normalized spacial score (nSPS) is 12.2. The maximum atomic E-state index is 12.5. The van der Waals surface area contributed by atoms with E-state index in [1.165, 1.54) is 11.3 Å². The molecule has 0 aliphatic rings. The first-order chi connectivity index (χ1) is 10.1. The van der Waals surface area contributed by atoms with Crippen molar-refractivity contribution in [3.05, 3.63) is 5.01 Å². The van der Waals surface area contributed by atoms with Gasteiger partial charge in [0.2, 0.25) is 10.1 Å². The molecule has 120 valence electrons. The Kier molecular flexibility index (Phi) is 8.17. The van der Waals surface area contributed by atoms with E-state index in [1.807, 2.05) is 6.92 Å². The third-order valence-electron chi connectivity index (χ3n) is 2.87. The molecule has 0 radical (unpaired) electrons. The molecule has 1 N–H and O–H groups in total. The predicted molar refractivity (Wildman–Crippen MR) is 82.9 cm³/mol. The van der Waals surface area contributed by atoms with Crippen molar-refractivity contribution in [1.29, 1.82) is 0 Å². The second kappa shape index (κ2) is 9.64. The topological polar surface area (TPSA) is 76.6 Å². The fraction of sp³-hybridized carbons (Fsp3) is 0.769. The monoisotopic (exact) mass is 316 g/mol. The van der Waals surface area contributed by atoms with Gasteiger partial charge in [0.05, 0.1) is 19.3 Å². The second-order valence-electron chi connectivity index (χ2n) is 4.63. The fourth-order valence-corrected chi connectivity index (χ4v) is 2.50. The minimum absolute atomic E-state index is 0.0476. The second-order valence-corrected chi connectivity index (χ2v) is 5.61. The molecule has 1 heterocycles. The minimum atomic E-state index is -0.140. The number of anilines is 1. The summed E-state index contributed by atoms with van der Waals surface area (Å²) in [6.45, 7) is 6.26. The number of rotatable bonds is 10. The molecule has 1 unspecified atom stereocenters. The van der Waals surface area contributed by atoms with Gasteiger partial charge in [-0.1, -0.05) is 18.3 Å². The highest BCUT2D eigenvalue weighted by Crippen LogP contribution is 2.18. The summed E-state index contributed by atoms with van der Waals surface area (Å²) in [6, 6.07) is -0.0476. The number of carbonyl (C=O) groups excluding carboxylic acids is 1. The summed E-state index contributed by atoms with van der Waals surface area (Å²) in [7, 11) is 3.23. The SMILES string of the molecule is CCCNc1nnc(C(=O)N(CCOC)C(C)COC)s1. The molecule has 7 nitrogen and oxygen atoms in total. The molecule has 0 spiro atoms. The van der Waals surface area contributed by atoms with Crippen LogP contribution in [0.2, 0.25) is 0 Å². The summed E-state index contributed by atoms with van der Waals surface area (Å²) < 4.78 is 10.2. The van der Waals surface area contributed by atoms with E-state index in [2.05, 4.69) is 22.4 Å². The number of ether oxygens (including phenoxy) is 2. The van der Waals surface area contributed by atoms with Gasteiger partial charge in [-0.15, -0.1) is 10.2 Å². The van der Waals surface area contributed by atoms with Gasteiger partial charge in [-0.2, -0.15) is 0 Å². The van der Waals surface area contributed by atoms with Gasteiger partial charge >= 0.3 is 0 Å². The molecule has 0 aromatic carbocycles. The lowest BCUT2D eigenvalue weighted by Gasteiger charge is -2.27. The number of nitrogens with zero attached hydrogens (tertiary/aromatic N) is 3.